The lowest BCUT2D eigenvalue weighted by molar-refractivity contribution is -0.137. The number of carbonyl (C=O) groups is 1. The first-order valence-electron chi connectivity index (χ1n) is 5.00. The Kier molecular flexibility index (Phi) is 6.24. The minimum Gasteiger partial charge on any atom is -0.394 e. The SMILES string of the molecule is CSCC[C@H](N)C(=O)N(C)C(C)(C)CO. The van der Waals surface area contributed by atoms with E-state index in [9.17, 15) is 4.79 Å². The fraction of sp³-hybridized carbons (Fsp3) is 0.900. The molecule has 4 nitrogen and oxygen atoms in total. The number of thioether (sulfide) groups is 1. The summed E-state index contributed by atoms with van der Waals surface area (Å²) >= 11 is 1.67. The van der Waals surface area contributed by atoms with Gasteiger partial charge in [-0.2, -0.15) is 11.8 Å². The predicted molar refractivity (Wildman–Crippen MR) is 64.9 cm³/mol. The van der Waals surface area contributed by atoms with Crippen molar-refractivity contribution in [1.82, 2.24) is 4.90 Å². The number of aliphatic hydroxyl groups excluding tert-OH is 1. The maximum atomic E-state index is 11.8. The van der Waals surface area contributed by atoms with Crippen LogP contribution in [0.25, 0.3) is 0 Å². The van der Waals surface area contributed by atoms with E-state index < -0.39 is 11.6 Å². The van der Waals surface area contributed by atoms with E-state index in [2.05, 4.69) is 0 Å². The van der Waals surface area contributed by atoms with Crippen molar-refractivity contribution in [2.45, 2.75) is 31.8 Å². The molecule has 0 aromatic carbocycles. The highest BCUT2D eigenvalue weighted by atomic mass is 32.2. The lowest BCUT2D eigenvalue weighted by atomic mass is 10.0. The number of aliphatic hydroxyl groups is 1. The van der Waals surface area contributed by atoms with Crippen LogP contribution in [-0.4, -0.2) is 53.2 Å². The molecule has 0 unspecified atom stereocenters. The molecule has 0 radical (unpaired) electrons. The number of nitrogens with zero attached hydrogens (tertiary/aromatic N) is 1. The van der Waals surface area contributed by atoms with Gasteiger partial charge in [-0.25, -0.2) is 0 Å². The summed E-state index contributed by atoms with van der Waals surface area (Å²) in [5.41, 5.74) is 5.22. The van der Waals surface area contributed by atoms with Crippen LogP contribution in [0, 0.1) is 0 Å². The quantitative estimate of drug-likeness (QED) is 0.693. The predicted octanol–water partition coefficient (Wildman–Crippen LogP) is 0.296. The molecular formula is C10H22N2O2S. The van der Waals surface area contributed by atoms with Crippen LogP contribution < -0.4 is 5.73 Å². The molecule has 0 aromatic rings. The van der Waals surface area contributed by atoms with Crippen molar-refractivity contribution in [2.24, 2.45) is 5.73 Å². The number of carbonyl (C=O) groups excluding carboxylic acids is 1. The highest BCUT2D eigenvalue weighted by molar-refractivity contribution is 7.98. The van der Waals surface area contributed by atoms with E-state index in [4.69, 9.17) is 10.8 Å². The van der Waals surface area contributed by atoms with E-state index in [-0.39, 0.29) is 12.5 Å². The average Bonchev–Trinajstić information content (AvgIpc) is 2.23. The third kappa shape index (κ3) is 4.40. The van der Waals surface area contributed by atoms with Gasteiger partial charge in [0, 0.05) is 7.05 Å². The van der Waals surface area contributed by atoms with Gasteiger partial charge in [0.1, 0.15) is 0 Å². The summed E-state index contributed by atoms with van der Waals surface area (Å²) in [4.78, 5) is 13.4. The Morgan fingerprint density at radius 1 is 1.60 bits per heavy atom. The minimum atomic E-state index is -0.548. The highest BCUT2D eigenvalue weighted by Gasteiger charge is 2.29. The van der Waals surface area contributed by atoms with Gasteiger partial charge in [0.25, 0.3) is 0 Å². The zero-order valence-electron chi connectivity index (χ0n) is 9.99. The van der Waals surface area contributed by atoms with Crippen molar-refractivity contribution in [1.29, 1.82) is 0 Å². The van der Waals surface area contributed by atoms with Crippen LogP contribution >= 0.6 is 11.8 Å². The molecule has 0 spiro atoms. The van der Waals surface area contributed by atoms with E-state index in [0.29, 0.717) is 6.42 Å². The van der Waals surface area contributed by atoms with Crippen LogP contribution in [-0.2, 0) is 4.79 Å². The summed E-state index contributed by atoms with van der Waals surface area (Å²) < 4.78 is 0. The van der Waals surface area contributed by atoms with Gasteiger partial charge in [-0.3, -0.25) is 4.79 Å². The first-order chi connectivity index (χ1) is 6.86. The third-order valence-corrected chi connectivity index (χ3v) is 3.22. The fourth-order valence-corrected chi connectivity index (χ4v) is 1.51. The van der Waals surface area contributed by atoms with Crippen LogP contribution in [0.15, 0.2) is 0 Å². The molecule has 0 fully saturated rings. The molecule has 90 valence electrons. The molecule has 0 aromatic heterocycles. The van der Waals surface area contributed by atoms with Gasteiger partial charge in [-0.15, -0.1) is 0 Å². The van der Waals surface area contributed by atoms with E-state index >= 15 is 0 Å². The van der Waals surface area contributed by atoms with Crippen LogP contribution in [0.3, 0.4) is 0 Å². The average molecular weight is 234 g/mol. The number of nitrogens with two attached hydrogens (primary N) is 1. The van der Waals surface area contributed by atoms with Crippen molar-refractivity contribution in [3.05, 3.63) is 0 Å². The third-order valence-electron chi connectivity index (χ3n) is 2.58. The van der Waals surface area contributed by atoms with Gasteiger partial charge in [0.05, 0.1) is 18.2 Å². The lowest BCUT2D eigenvalue weighted by Gasteiger charge is -2.35. The number of likely N-dealkylation sites (N-methyl/N-ethyl adjacent to an activating group) is 1. The number of rotatable bonds is 6. The molecule has 15 heavy (non-hydrogen) atoms. The Bertz CT molecular complexity index is 210. The number of amides is 1. The maximum absolute atomic E-state index is 11.8. The van der Waals surface area contributed by atoms with Crippen LogP contribution in [0.5, 0.6) is 0 Å². The van der Waals surface area contributed by atoms with Gasteiger partial charge >= 0.3 is 0 Å². The molecule has 0 heterocycles. The summed E-state index contributed by atoms with van der Waals surface area (Å²) in [5.74, 6) is 0.767. The van der Waals surface area contributed by atoms with E-state index in [0.717, 1.165) is 5.75 Å². The zero-order chi connectivity index (χ0) is 12.1. The molecule has 0 aliphatic carbocycles. The first kappa shape index (κ1) is 14.7. The largest absolute Gasteiger partial charge is 0.394 e. The van der Waals surface area contributed by atoms with Crippen molar-refractivity contribution in [2.75, 3.05) is 25.7 Å². The Labute approximate surface area is 96.2 Å². The van der Waals surface area contributed by atoms with Gasteiger partial charge < -0.3 is 15.7 Å². The molecule has 0 saturated heterocycles. The Morgan fingerprint density at radius 2 is 2.13 bits per heavy atom. The molecule has 1 atom stereocenters. The molecule has 3 N–H and O–H groups in total. The summed E-state index contributed by atoms with van der Waals surface area (Å²) in [7, 11) is 1.68. The van der Waals surface area contributed by atoms with E-state index in [1.54, 1.807) is 18.8 Å². The topological polar surface area (TPSA) is 66.6 Å². The monoisotopic (exact) mass is 234 g/mol. The lowest BCUT2D eigenvalue weighted by Crippen LogP contribution is -2.53. The fourth-order valence-electron chi connectivity index (χ4n) is 1.02. The highest BCUT2D eigenvalue weighted by Crippen LogP contribution is 2.13. The van der Waals surface area contributed by atoms with Crippen LogP contribution in [0.1, 0.15) is 20.3 Å². The molecule has 0 aliphatic rings. The molecular weight excluding hydrogens is 212 g/mol. The van der Waals surface area contributed by atoms with Gasteiger partial charge in [0.15, 0.2) is 0 Å². The number of hydrogen-bond acceptors (Lipinski definition) is 4. The summed E-state index contributed by atoms with van der Waals surface area (Å²) in [5, 5.41) is 9.13. The Morgan fingerprint density at radius 3 is 2.53 bits per heavy atom. The normalized spacial score (nSPS) is 13.7. The van der Waals surface area contributed by atoms with Gasteiger partial charge in [-0.05, 0) is 32.3 Å². The van der Waals surface area contributed by atoms with E-state index in [1.165, 1.54) is 4.90 Å². The van der Waals surface area contributed by atoms with Crippen molar-refractivity contribution < 1.29 is 9.90 Å². The van der Waals surface area contributed by atoms with Crippen LogP contribution in [0.4, 0.5) is 0 Å². The summed E-state index contributed by atoms with van der Waals surface area (Å²) in [6.45, 7) is 3.56. The minimum absolute atomic E-state index is 0.0650. The van der Waals surface area contributed by atoms with Crippen LogP contribution in [0.2, 0.25) is 0 Å². The Hall–Kier alpha value is -0.260. The molecule has 5 heteroatoms. The van der Waals surface area contributed by atoms with Crippen molar-refractivity contribution in [3.63, 3.8) is 0 Å². The molecule has 0 aliphatic heterocycles. The second kappa shape index (κ2) is 6.35. The summed E-state index contributed by atoms with van der Waals surface area (Å²) in [6.07, 6.45) is 2.66. The molecule has 1 amide bonds. The van der Waals surface area contributed by atoms with Gasteiger partial charge in [0.2, 0.25) is 5.91 Å². The second-order valence-electron chi connectivity index (χ2n) is 4.26. The molecule has 0 bridgehead atoms. The van der Waals surface area contributed by atoms with E-state index in [1.807, 2.05) is 20.1 Å². The standard InChI is InChI=1S/C10H22N2O2S/c1-10(2,7-13)12(3)9(14)8(11)5-6-15-4/h8,13H,5-7,11H2,1-4H3/t8-/m0/s1. The smallest absolute Gasteiger partial charge is 0.239 e. The zero-order valence-corrected chi connectivity index (χ0v) is 10.8. The first-order valence-corrected chi connectivity index (χ1v) is 6.39. The van der Waals surface area contributed by atoms with Gasteiger partial charge in [-0.1, -0.05) is 0 Å². The Balaban J connectivity index is 4.31. The number of hydrogen-bond donors (Lipinski definition) is 2. The molecule has 0 saturated carbocycles. The van der Waals surface area contributed by atoms with Crippen molar-refractivity contribution >= 4 is 17.7 Å². The molecule has 0 rings (SSSR count). The second-order valence-corrected chi connectivity index (χ2v) is 5.24. The van der Waals surface area contributed by atoms with Crippen molar-refractivity contribution in [3.8, 4) is 0 Å². The maximum Gasteiger partial charge on any atom is 0.239 e. The summed E-state index contributed by atoms with van der Waals surface area (Å²) in [6, 6.07) is -0.465.